The zero-order valence-electron chi connectivity index (χ0n) is 10.6. The molecule has 2 rings (SSSR count). The maximum atomic E-state index is 9.21. The first-order chi connectivity index (χ1) is 8.72. The van der Waals surface area contributed by atoms with Crippen LogP contribution < -0.4 is 4.74 Å². The molecule has 18 heavy (non-hydrogen) atoms. The van der Waals surface area contributed by atoms with Crippen LogP contribution in [0.1, 0.15) is 32.6 Å². The van der Waals surface area contributed by atoms with Crippen molar-refractivity contribution in [2.24, 2.45) is 11.8 Å². The largest absolute Gasteiger partial charge is 0.489 e. The summed E-state index contributed by atoms with van der Waals surface area (Å²) in [5, 5.41) is 9.21. The molecule has 0 N–H and O–H groups in total. The molecule has 0 spiro atoms. The van der Waals surface area contributed by atoms with Gasteiger partial charge in [-0.2, -0.15) is 5.26 Å². The Morgan fingerprint density at radius 3 is 2.67 bits per heavy atom. The van der Waals surface area contributed by atoms with Gasteiger partial charge in [-0.1, -0.05) is 13.3 Å². The summed E-state index contributed by atoms with van der Waals surface area (Å²) in [5.41, 5.74) is 0. The van der Waals surface area contributed by atoms with Crippen molar-refractivity contribution >= 4 is 22.6 Å². The van der Waals surface area contributed by atoms with Gasteiger partial charge in [0.1, 0.15) is 11.9 Å². The molecule has 0 aliphatic heterocycles. The van der Waals surface area contributed by atoms with E-state index in [9.17, 15) is 5.26 Å². The summed E-state index contributed by atoms with van der Waals surface area (Å²) in [7, 11) is 0. The number of nitriles is 1. The third-order valence-electron chi connectivity index (χ3n) is 3.74. The minimum Gasteiger partial charge on any atom is -0.489 e. The summed E-state index contributed by atoms with van der Waals surface area (Å²) in [4.78, 5) is 0. The Morgan fingerprint density at radius 2 is 2.06 bits per heavy atom. The molecule has 3 unspecified atom stereocenters. The second-order valence-corrected chi connectivity index (χ2v) is 6.18. The summed E-state index contributed by atoms with van der Waals surface area (Å²) in [6.45, 7) is 2.22. The first-order valence-electron chi connectivity index (χ1n) is 6.54. The molecule has 0 heterocycles. The van der Waals surface area contributed by atoms with Crippen LogP contribution in [0, 0.1) is 26.7 Å². The second-order valence-electron chi connectivity index (χ2n) is 4.93. The Hall–Kier alpha value is -0.760. The molecular formula is C15H18INO. The molecule has 1 aliphatic rings. The highest BCUT2D eigenvalue weighted by Gasteiger charge is 2.31. The van der Waals surface area contributed by atoms with Crippen molar-refractivity contribution in [1.82, 2.24) is 0 Å². The fraction of sp³-hybridized carbons (Fsp3) is 0.533. The first kappa shape index (κ1) is 13.7. The fourth-order valence-electron chi connectivity index (χ4n) is 2.55. The second kappa shape index (κ2) is 6.42. The highest BCUT2D eigenvalue weighted by atomic mass is 127. The maximum Gasteiger partial charge on any atom is 0.119 e. The highest BCUT2D eigenvalue weighted by Crippen LogP contribution is 2.33. The normalized spacial score (nSPS) is 27.5. The molecule has 0 aromatic heterocycles. The summed E-state index contributed by atoms with van der Waals surface area (Å²) in [5.74, 6) is 1.65. The molecule has 0 bridgehead atoms. The van der Waals surface area contributed by atoms with Crippen molar-refractivity contribution in [3.05, 3.63) is 27.8 Å². The lowest BCUT2D eigenvalue weighted by atomic mass is 9.79. The van der Waals surface area contributed by atoms with Gasteiger partial charge in [0.05, 0.1) is 12.0 Å². The van der Waals surface area contributed by atoms with E-state index in [-0.39, 0.29) is 12.0 Å². The molecule has 96 valence electrons. The number of benzene rings is 1. The Morgan fingerprint density at radius 1 is 1.33 bits per heavy atom. The predicted octanol–water partition coefficient (Wildman–Crippen LogP) is 4.39. The van der Waals surface area contributed by atoms with E-state index >= 15 is 0 Å². The first-order valence-corrected chi connectivity index (χ1v) is 7.62. The Balaban J connectivity index is 2.05. The molecule has 1 saturated carbocycles. The summed E-state index contributed by atoms with van der Waals surface area (Å²) < 4.78 is 7.22. The van der Waals surface area contributed by atoms with Crippen molar-refractivity contribution in [2.75, 3.05) is 0 Å². The summed E-state index contributed by atoms with van der Waals surface area (Å²) in [6.07, 6.45) is 4.41. The van der Waals surface area contributed by atoms with Gasteiger partial charge in [-0.15, -0.1) is 0 Å². The van der Waals surface area contributed by atoms with Gasteiger partial charge >= 0.3 is 0 Å². The van der Waals surface area contributed by atoms with Crippen LogP contribution in [0.25, 0.3) is 0 Å². The van der Waals surface area contributed by atoms with Gasteiger partial charge in [0.15, 0.2) is 0 Å². The quantitative estimate of drug-likeness (QED) is 0.754. The number of rotatable bonds is 3. The molecule has 1 aliphatic carbocycles. The van der Waals surface area contributed by atoms with Gasteiger partial charge < -0.3 is 4.74 Å². The number of nitrogens with zero attached hydrogens (tertiary/aromatic N) is 1. The number of hydrogen-bond donors (Lipinski definition) is 0. The number of ether oxygens (including phenoxy) is 1. The minimum absolute atomic E-state index is 0.0482. The molecule has 1 aromatic rings. The average Bonchev–Trinajstić information content (AvgIpc) is 2.41. The van der Waals surface area contributed by atoms with Crippen molar-refractivity contribution in [3.63, 3.8) is 0 Å². The lowest BCUT2D eigenvalue weighted by molar-refractivity contribution is 0.0893. The van der Waals surface area contributed by atoms with Crippen LogP contribution in [0.15, 0.2) is 24.3 Å². The van der Waals surface area contributed by atoms with E-state index in [2.05, 4.69) is 35.6 Å². The van der Waals surface area contributed by atoms with Crippen LogP contribution in [0.2, 0.25) is 0 Å². The van der Waals surface area contributed by atoms with Gasteiger partial charge in [0.25, 0.3) is 0 Å². The van der Waals surface area contributed by atoms with Crippen LogP contribution in [0.4, 0.5) is 0 Å². The zero-order valence-corrected chi connectivity index (χ0v) is 12.8. The van der Waals surface area contributed by atoms with Crippen LogP contribution in [-0.4, -0.2) is 6.10 Å². The third-order valence-corrected chi connectivity index (χ3v) is 4.46. The Labute approximate surface area is 122 Å². The standard InChI is InChI=1S/C15H18INO/c1-2-11-3-4-12(10-17)15(9-11)18-14-7-5-13(16)6-8-14/h5-8,11-12,15H,2-4,9H2,1H3. The van der Waals surface area contributed by atoms with Gasteiger partial charge in [-0.05, 0) is 72.0 Å². The maximum absolute atomic E-state index is 9.21. The van der Waals surface area contributed by atoms with Crippen LogP contribution >= 0.6 is 22.6 Å². The molecule has 2 nitrogen and oxygen atoms in total. The lowest BCUT2D eigenvalue weighted by Gasteiger charge is -2.32. The third kappa shape index (κ3) is 3.38. The molecule has 3 heteroatoms. The molecule has 0 radical (unpaired) electrons. The van der Waals surface area contributed by atoms with Crippen molar-refractivity contribution < 1.29 is 4.74 Å². The van der Waals surface area contributed by atoms with Gasteiger partial charge in [0, 0.05) is 3.57 Å². The average molecular weight is 355 g/mol. The van der Waals surface area contributed by atoms with E-state index in [1.165, 1.54) is 16.4 Å². The molecule has 0 amide bonds. The van der Waals surface area contributed by atoms with E-state index in [1.54, 1.807) is 0 Å². The zero-order chi connectivity index (χ0) is 13.0. The molecule has 3 atom stereocenters. The number of hydrogen-bond acceptors (Lipinski definition) is 2. The topological polar surface area (TPSA) is 33.0 Å². The van der Waals surface area contributed by atoms with Crippen LogP contribution in [-0.2, 0) is 0 Å². The fourth-order valence-corrected chi connectivity index (χ4v) is 2.91. The van der Waals surface area contributed by atoms with Crippen molar-refractivity contribution in [3.8, 4) is 11.8 Å². The van der Waals surface area contributed by atoms with Crippen molar-refractivity contribution in [2.45, 2.75) is 38.7 Å². The molecular weight excluding hydrogens is 337 g/mol. The van der Waals surface area contributed by atoms with E-state index in [4.69, 9.17) is 4.74 Å². The number of halogens is 1. The Bertz CT molecular complexity index is 423. The van der Waals surface area contributed by atoms with E-state index < -0.39 is 0 Å². The van der Waals surface area contributed by atoms with Gasteiger partial charge in [0.2, 0.25) is 0 Å². The van der Waals surface area contributed by atoms with Crippen LogP contribution in [0.5, 0.6) is 5.75 Å². The smallest absolute Gasteiger partial charge is 0.119 e. The molecule has 1 aromatic carbocycles. The van der Waals surface area contributed by atoms with Crippen LogP contribution in [0.3, 0.4) is 0 Å². The predicted molar refractivity (Wildman–Crippen MR) is 80.3 cm³/mol. The van der Waals surface area contributed by atoms with Gasteiger partial charge in [-0.25, -0.2) is 0 Å². The SMILES string of the molecule is CCC1CCC(C#N)C(Oc2ccc(I)cc2)C1. The van der Waals surface area contributed by atoms with E-state index in [0.29, 0.717) is 5.92 Å². The molecule has 1 fully saturated rings. The monoisotopic (exact) mass is 355 g/mol. The summed E-state index contributed by atoms with van der Waals surface area (Å²) >= 11 is 2.28. The highest BCUT2D eigenvalue weighted by molar-refractivity contribution is 14.1. The van der Waals surface area contributed by atoms with Gasteiger partial charge in [-0.3, -0.25) is 0 Å². The summed E-state index contributed by atoms with van der Waals surface area (Å²) in [6, 6.07) is 10.5. The van der Waals surface area contributed by atoms with Crippen molar-refractivity contribution in [1.29, 1.82) is 5.26 Å². The lowest BCUT2D eigenvalue weighted by Crippen LogP contribution is -2.33. The molecule has 0 saturated heterocycles. The minimum atomic E-state index is 0.0482. The van der Waals surface area contributed by atoms with E-state index in [0.717, 1.165) is 18.6 Å². The van der Waals surface area contributed by atoms with E-state index in [1.807, 2.05) is 24.3 Å². The Kier molecular flexibility index (Phi) is 4.87.